The van der Waals surface area contributed by atoms with E-state index in [0.717, 1.165) is 65.3 Å². The predicted octanol–water partition coefficient (Wildman–Crippen LogP) is 2.08. The van der Waals surface area contributed by atoms with E-state index in [4.69, 9.17) is 4.98 Å². The van der Waals surface area contributed by atoms with Crippen LogP contribution in [0.25, 0.3) is 11.1 Å². The molecule has 230 valence electrons. The maximum Gasteiger partial charge on any atom is 0.317 e. The van der Waals surface area contributed by atoms with E-state index in [2.05, 4.69) is 17.0 Å². The molecule has 0 bridgehead atoms. The van der Waals surface area contributed by atoms with Gasteiger partial charge in [0.05, 0.1) is 24.0 Å². The minimum atomic E-state index is -0.862. The Hall–Kier alpha value is -4.06. The van der Waals surface area contributed by atoms with Crippen LogP contribution in [0.2, 0.25) is 0 Å². The lowest BCUT2D eigenvalue weighted by Crippen LogP contribution is -2.35. The highest BCUT2D eigenvalue weighted by Gasteiger charge is 2.34. The quantitative estimate of drug-likeness (QED) is 0.424. The number of likely N-dealkylation sites (tertiary alicyclic amines) is 1. The van der Waals surface area contributed by atoms with Crippen LogP contribution in [0.4, 0.5) is 11.4 Å². The number of carboxylic acid groups (broad SMARTS) is 1. The second-order valence-corrected chi connectivity index (χ2v) is 12.3. The number of aromatic nitrogens is 2. The van der Waals surface area contributed by atoms with Crippen LogP contribution in [0.15, 0.2) is 36.4 Å². The van der Waals surface area contributed by atoms with Gasteiger partial charge in [-0.2, -0.15) is 0 Å². The van der Waals surface area contributed by atoms with E-state index in [9.17, 15) is 24.6 Å². The van der Waals surface area contributed by atoms with Gasteiger partial charge in [-0.15, -0.1) is 0 Å². The third kappa shape index (κ3) is 5.08. The van der Waals surface area contributed by atoms with Gasteiger partial charge in [0.1, 0.15) is 0 Å². The van der Waals surface area contributed by atoms with E-state index >= 15 is 0 Å². The normalized spacial score (nSPS) is 19.7. The molecule has 4 aliphatic heterocycles. The molecule has 1 fully saturated rings. The summed E-state index contributed by atoms with van der Waals surface area (Å²) in [7, 11) is 1.84. The number of hydrogen-bond acceptors (Lipinski definition) is 7. The number of aliphatic carboxylic acids is 1. The molecule has 0 saturated carbocycles. The first-order chi connectivity index (χ1) is 21.3. The Labute approximate surface area is 256 Å². The highest BCUT2D eigenvalue weighted by molar-refractivity contribution is 6.06. The van der Waals surface area contributed by atoms with Crippen LogP contribution in [-0.4, -0.2) is 99.3 Å². The number of amides is 2. The van der Waals surface area contributed by atoms with Crippen molar-refractivity contribution in [3.05, 3.63) is 64.7 Å². The van der Waals surface area contributed by atoms with Crippen LogP contribution < -0.4 is 9.80 Å². The lowest BCUT2D eigenvalue weighted by atomic mass is 9.93. The lowest BCUT2D eigenvalue weighted by molar-refractivity contribution is -0.138. The summed E-state index contributed by atoms with van der Waals surface area (Å²) in [5.74, 6) is -0.521. The fraction of sp³-hybridized carbons (Fsp3) is 0.455. The van der Waals surface area contributed by atoms with E-state index in [1.165, 1.54) is 5.56 Å². The molecule has 2 N–H and O–H groups in total. The van der Waals surface area contributed by atoms with Crippen molar-refractivity contribution in [2.75, 3.05) is 55.6 Å². The number of hydrogen-bond donors (Lipinski definition) is 2. The topological polar surface area (TPSA) is 122 Å². The summed E-state index contributed by atoms with van der Waals surface area (Å²) in [6.07, 6.45) is 3.04. The Morgan fingerprint density at radius 1 is 0.886 bits per heavy atom. The summed E-state index contributed by atoms with van der Waals surface area (Å²) in [4.78, 5) is 50.9. The number of carbonyl (C=O) groups excluding carboxylic acids is 2. The minimum absolute atomic E-state index is 0.0328. The first-order valence-corrected chi connectivity index (χ1v) is 15.5. The first kappa shape index (κ1) is 28.7. The molecule has 7 rings (SSSR count). The fourth-order valence-corrected chi connectivity index (χ4v) is 7.43. The van der Waals surface area contributed by atoms with Gasteiger partial charge in [0, 0.05) is 77.1 Å². The van der Waals surface area contributed by atoms with Crippen molar-refractivity contribution in [2.24, 2.45) is 7.05 Å². The number of aliphatic hydroxyl groups excluding tert-OH is 1. The first-order valence-electron chi connectivity index (χ1n) is 15.5. The second-order valence-electron chi connectivity index (χ2n) is 12.3. The number of carboxylic acids is 1. The van der Waals surface area contributed by atoms with Crippen molar-refractivity contribution >= 4 is 29.2 Å². The molecule has 0 radical (unpaired) electrons. The number of β-amino-alcohol motifs (C(OH)–C–C–N with tert-alkyl or cyclic N) is 1. The molecule has 2 aromatic carbocycles. The van der Waals surface area contributed by atoms with Gasteiger partial charge < -0.3 is 29.5 Å². The van der Waals surface area contributed by atoms with E-state index in [1.807, 2.05) is 50.6 Å². The highest BCUT2D eigenvalue weighted by atomic mass is 16.4. The third-order valence-corrected chi connectivity index (χ3v) is 9.67. The van der Waals surface area contributed by atoms with Crippen LogP contribution in [0, 0.1) is 0 Å². The molecule has 1 atom stereocenters. The van der Waals surface area contributed by atoms with Gasteiger partial charge in [-0.3, -0.25) is 19.3 Å². The average molecular weight is 599 g/mol. The number of fused-ring (bicyclic) bond motifs is 3. The molecule has 44 heavy (non-hydrogen) atoms. The van der Waals surface area contributed by atoms with Crippen molar-refractivity contribution in [1.29, 1.82) is 0 Å². The number of nitrogens with zero attached hydrogens (tertiary/aromatic N) is 6. The minimum Gasteiger partial charge on any atom is -0.480 e. The molecule has 0 spiro atoms. The van der Waals surface area contributed by atoms with Crippen LogP contribution in [0.1, 0.15) is 46.0 Å². The Balaban J connectivity index is 1.12. The monoisotopic (exact) mass is 598 g/mol. The summed E-state index contributed by atoms with van der Waals surface area (Å²) in [6.45, 7) is 4.38. The largest absolute Gasteiger partial charge is 0.480 e. The maximum atomic E-state index is 13.9. The van der Waals surface area contributed by atoms with Gasteiger partial charge in [0.2, 0.25) is 5.91 Å². The summed E-state index contributed by atoms with van der Waals surface area (Å²) in [5, 5.41) is 19.0. The smallest absolute Gasteiger partial charge is 0.317 e. The van der Waals surface area contributed by atoms with Crippen molar-refractivity contribution < 1.29 is 24.6 Å². The molecule has 11 heteroatoms. The Morgan fingerprint density at radius 2 is 1.57 bits per heavy atom. The van der Waals surface area contributed by atoms with Crippen LogP contribution in [-0.2, 0) is 42.4 Å². The van der Waals surface area contributed by atoms with Crippen LogP contribution in [0.3, 0.4) is 0 Å². The molecular weight excluding hydrogens is 560 g/mol. The lowest BCUT2D eigenvalue weighted by Gasteiger charge is -2.25. The Morgan fingerprint density at radius 3 is 2.23 bits per heavy atom. The van der Waals surface area contributed by atoms with Gasteiger partial charge >= 0.3 is 5.97 Å². The summed E-state index contributed by atoms with van der Waals surface area (Å²) in [5.41, 5.74) is 8.10. The zero-order valence-corrected chi connectivity index (χ0v) is 25.0. The molecule has 2 amide bonds. The second kappa shape index (κ2) is 11.5. The Kier molecular flexibility index (Phi) is 7.47. The van der Waals surface area contributed by atoms with Crippen molar-refractivity contribution in [3.8, 4) is 11.1 Å². The van der Waals surface area contributed by atoms with E-state index in [-0.39, 0.29) is 24.5 Å². The number of carbonyl (C=O) groups is 3. The SMILES string of the molecule is Cn1c(C(=O)N2CCc3c(-c4cccc5c4CCN5C(=O)CCN4CCC(O)C4)cccc32)nc2c1CN(CC(=O)O)CC2. The predicted molar refractivity (Wildman–Crippen MR) is 165 cm³/mol. The molecular formula is C33H38N6O5. The highest BCUT2D eigenvalue weighted by Crippen LogP contribution is 2.42. The molecule has 3 aromatic rings. The van der Waals surface area contributed by atoms with E-state index in [1.54, 1.807) is 0 Å². The van der Waals surface area contributed by atoms with Gasteiger partial charge in [-0.05, 0) is 53.6 Å². The maximum absolute atomic E-state index is 13.9. The fourth-order valence-electron chi connectivity index (χ4n) is 7.43. The van der Waals surface area contributed by atoms with Gasteiger partial charge in [0.15, 0.2) is 5.82 Å². The number of anilines is 2. The van der Waals surface area contributed by atoms with Gasteiger partial charge in [-0.1, -0.05) is 24.3 Å². The van der Waals surface area contributed by atoms with Gasteiger partial charge in [-0.25, -0.2) is 4.98 Å². The number of imidazole rings is 1. The molecule has 11 nitrogen and oxygen atoms in total. The summed E-state index contributed by atoms with van der Waals surface area (Å²) >= 11 is 0. The molecule has 4 aliphatic rings. The van der Waals surface area contributed by atoms with E-state index < -0.39 is 5.97 Å². The molecule has 1 unspecified atom stereocenters. The number of benzene rings is 2. The molecule has 1 saturated heterocycles. The standard InChI is InChI=1S/C33H38N6O5/c1-35-29-19-37(20-31(42)43)14-11-26(29)34-32(35)33(44)39-17-10-25-23(5-3-7-28(25)39)22-4-2-6-27-24(22)9-16-38(27)30(41)12-15-36-13-8-21(40)18-36/h2-7,21,40H,8-20H2,1H3,(H,42,43). The zero-order valence-electron chi connectivity index (χ0n) is 25.0. The number of rotatable bonds is 7. The molecule has 1 aromatic heterocycles. The number of aliphatic hydroxyl groups is 1. The van der Waals surface area contributed by atoms with Gasteiger partial charge in [0.25, 0.3) is 5.91 Å². The van der Waals surface area contributed by atoms with Crippen LogP contribution >= 0.6 is 0 Å². The van der Waals surface area contributed by atoms with Crippen molar-refractivity contribution in [3.63, 3.8) is 0 Å². The average Bonchev–Trinajstić information content (AvgIpc) is 3.80. The summed E-state index contributed by atoms with van der Waals surface area (Å²) < 4.78 is 1.83. The molecule has 0 aliphatic carbocycles. The summed E-state index contributed by atoms with van der Waals surface area (Å²) in [6, 6.07) is 12.3. The van der Waals surface area contributed by atoms with Crippen molar-refractivity contribution in [2.45, 2.75) is 44.8 Å². The van der Waals surface area contributed by atoms with Crippen molar-refractivity contribution in [1.82, 2.24) is 19.4 Å². The van der Waals surface area contributed by atoms with E-state index in [0.29, 0.717) is 57.9 Å². The zero-order chi connectivity index (χ0) is 30.5. The van der Waals surface area contributed by atoms with Crippen LogP contribution in [0.5, 0.6) is 0 Å². The Bertz CT molecular complexity index is 1650. The third-order valence-electron chi connectivity index (χ3n) is 9.67. The molecule has 5 heterocycles.